The third kappa shape index (κ3) is 3.45. The second-order valence-electron chi connectivity index (χ2n) is 5.67. The van der Waals surface area contributed by atoms with E-state index in [2.05, 4.69) is 4.98 Å². The van der Waals surface area contributed by atoms with E-state index in [0.717, 1.165) is 10.9 Å². The maximum absolute atomic E-state index is 12.3. The summed E-state index contributed by atoms with van der Waals surface area (Å²) in [7, 11) is 0. The van der Waals surface area contributed by atoms with E-state index in [0.29, 0.717) is 11.3 Å². The number of Topliss-reactive ketones (excluding diaryl/α,β-unsaturated/α-hetero) is 1. The van der Waals surface area contributed by atoms with Gasteiger partial charge in [0.15, 0.2) is 0 Å². The number of para-hydroxylation sites is 1. The standard InChI is InChI=1S/C17H20N2O5/c1-4-24-17(21)16(11(3)20)13(9-19(22)23)15-10(2)18-14-8-6-5-7-12(14)15/h5-8,13,16,18H,4,9H2,1-3H3. The lowest BCUT2D eigenvalue weighted by atomic mass is 9.82. The number of esters is 1. The fourth-order valence-electron chi connectivity index (χ4n) is 3.15. The largest absolute Gasteiger partial charge is 0.465 e. The summed E-state index contributed by atoms with van der Waals surface area (Å²) in [5, 5.41) is 12.0. The van der Waals surface area contributed by atoms with Crippen LogP contribution in [0.4, 0.5) is 0 Å². The first-order chi connectivity index (χ1) is 11.4. The second-order valence-corrected chi connectivity index (χ2v) is 5.67. The predicted molar refractivity (Wildman–Crippen MR) is 88.4 cm³/mol. The van der Waals surface area contributed by atoms with Crippen LogP contribution in [0.1, 0.15) is 31.0 Å². The quantitative estimate of drug-likeness (QED) is 0.363. The van der Waals surface area contributed by atoms with Crippen molar-refractivity contribution in [2.45, 2.75) is 26.7 Å². The number of aromatic nitrogens is 1. The number of aromatic amines is 1. The predicted octanol–water partition coefficient (Wildman–Crippen LogP) is 2.60. The molecular formula is C17H20N2O5. The van der Waals surface area contributed by atoms with Crippen molar-refractivity contribution in [3.05, 3.63) is 45.6 Å². The van der Waals surface area contributed by atoms with Gasteiger partial charge in [-0.3, -0.25) is 19.7 Å². The zero-order valence-electron chi connectivity index (χ0n) is 13.9. The Morgan fingerprint density at radius 1 is 1.33 bits per heavy atom. The van der Waals surface area contributed by atoms with Gasteiger partial charge in [0.25, 0.3) is 0 Å². The zero-order chi connectivity index (χ0) is 17.9. The highest BCUT2D eigenvalue weighted by molar-refractivity contribution is 6.00. The van der Waals surface area contributed by atoms with Gasteiger partial charge < -0.3 is 9.72 Å². The van der Waals surface area contributed by atoms with Crippen LogP contribution in [0, 0.1) is 23.0 Å². The average Bonchev–Trinajstić information content (AvgIpc) is 2.81. The van der Waals surface area contributed by atoms with Crippen molar-refractivity contribution in [3.8, 4) is 0 Å². The SMILES string of the molecule is CCOC(=O)C(C(C)=O)C(C[N+](=O)[O-])c1c(C)[nH]c2ccccc12. The van der Waals surface area contributed by atoms with Crippen LogP contribution in [-0.4, -0.2) is 34.8 Å². The van der Waals surface area contributed by atoms with E-state index in [1.54, 1.807) is 13.8 Å². The van der Waals surface area contributed by atoms with Gasteiger partial charge in [-0.2, -0.15) is 0 Å². The summed E-state index contributed by atoms with van der Waals surface area (Å²) in [6.07, 6.45) is 0. The molecule has 1 aromatic heterocycles. The lowest BCUT2D eigenvalue weighted by Crippen LogP contribution is -2.34. The van der Waals surface area contributed by atoms with Gasteiger partial charge in [-0.25, -0.2) is 0 Å². The van der Waals surface area contributed by atoms with Crippen LogP contribution in [0.5, 0.6) is 0 Å². The maximum Gasteiger partial charge on any atom is 0.317 e. The molecule has 1 aromatic carbocycles. The number of ether oxygens (including phenoxy) is 1. The molecule has 0 aliphatic rings. The van der Waals surface area contributed by atoms with Crippen molar-refractivity contribution >= 4 is 22.7 Å². The smallest absolute Gasteiger partial charge is 0.317 e. The van der Waals surface area contributed by atoms with Gasteiger partial charge in [0, 0.05) is 21.5 Å². The summed E-state index contributed by atoms with van der Waals surface area (Å²) in [5.74, 6) is -3.24. The molecule has 128 valence electrons. The molecule has 2 atom stereocenters. The van der Waals surface area contributed by atoms with Crippen molar-refractivity contribution < 1.29 is 19.2 Å². The minimum Gasteiger partial charge on any atom is -0.465 e. The van der Waals surface area contributed by atoms with E-state index in [-0.39, 0.29) is 6.61 Å². The van der Waals surface area contributed by atoms with Gasteiger partial charge in [-0.1, -0.05) is 18.2 Å². The molecule has 1 N–H and O–H groups in total. The van der Waals surface area contributed by atoms with Crippen LogP contribution in [0.25, 0.3) is 10.9 Å². The number of rotatable bonds is 7. The van der Waals surface area contributed by atoms with E-state index in [1.807, 2.05) is 24.3 Å². The molecule has 2 rings (SSSR count). The first-order valence-corrected chi connectivity index (χ1v) is 7.72. The third-order valence-electron chi connectivity index (χ3n) is 4.04. The number of benzene rings is 1. The Balaban J connectivity index is 2.62. The molecule has 0 aliphatic heterocycles. The minimum absolute atomic E-state index is 0.112. The summed E-state index contributed by atoms with van der Waals surface area (Å²) >= 11 is 0. The van der Waals surface area contributed by atoms with E-state index in [9.17, 15) is 19.7 Å². The topological polar surface area (TPSA) is 102 Å². The Morgan fingerprint density at radius 2 is 2.00 bits per heavy atom. The Kier molecular flexibility index (Phi) is 5.33. The van der Waals surface area contributed by atoms with Crippen molar-refractivity contribution in [1.29, 1.82) is 0 Å². The number of nitrogens with one attached hydrogen (secondary N) is 1. The number of fused-ring (bicyclic) bond motifs is 1. The number of aryl methyl sites for hydroxylation is 1. The van der Waals surface area contributed by atoms with Crippen molar-refractivity contribution in [3.63, 3.8) is 0 Å². The van der Waals surface area contributed by atoms with Crippen molar-refractivity contribution in [2.75, 3.05) is 13.2 Å². The molecule has 0 radical (unpaired) electrons. The van der Waals surface area contributed by atoms with Gasteiger partial charge in [-0.15, -0.1) is 0 Å². The molecule has 0 fully saturated rings. The van der Waals surface area contributed by atoms with Crippen LogP contribution in [-0.2, 0) is 14.3 Å². The third-order valence-corrected chi connectivity index (χ3v) is 4.04. The zero-order valence-corrected chi connectivity index (χ0v) is 13.9. The number of hydrogen-bond acceptors (Lipinski definition) is 5. The fourth-order valence-corrected chi connectivity index (χ4v) is 3.15. The Labute approximate surface area is 139 Å². The number of carbonyl (C=O) groups is 2. The van der Waals surface area contributed by atoms with Gasteiger partial charge in [0.2, 0.25) is 6.54 Å². The molecule has 0 saturated carbocycles. The molecule has 2 unspecified atom stereocenters. The molecular weight excluding hydrogens is 312 g/mol. The molecule has 1 heterocycles. The first-order valence-electron chi connectivity index (χ1n) is 7.72. The van der Waals surface area contributed by atoms with Gasteiger partial charge in [0.05, 0.1) is 12.5 Å². The molecule has 2 aromatic rings. The Hall–Kier alpha value is -2.70. The summed E-state index contributed by atoms with van der Waals surface area (Å²) in [4.78, 5) is 38.2. The number of nitro groups is 1. The fraction of sp³-hybridized carbons (Fsp3) is 0.412. The van der Waals surface area contributed by atoms with E-state index < -0.39 is 35.1 Å². The maximum atomic E-state index is 12.3. The highest BCUT2D eigenvalue weighted by atomic mass is 16.6. The Bertz CT molecular complexity index is 780. The molecule has 7 heteroatoms. The van der Waals surface area contributed by atoms with Gasteiger partial charge in [0.1, 0.15) is 11.7 Å². The molecule has 0 spiro atoms. The molecule has 24 heavy (non-hydrogen) atoms. The van der Waals surface area contributed by atoms with Crippen molar-refractivity contribution in [2.24, 2.45) is 5.92 Å². The van der Waals surface area contributed by atoms with Gasteiger partial charge in [-0.05, 0) is 32.4 Å². The number of carbonyl (C=O) groups excluding carboxylic acids is 2. The number of hydrogen-bond donors (Lipinski definition) is 1. The monoisotopic (exact) mass is 332 g/mol. The minimum atomic E-state index is -1.20. The number of H-pyrrole nitrogens is 1. The summed E-state index contributed by atoms with van der Waals surface area (Å²) in [5.41, 5.74) is 2.14. The highest BCUT2D eigenvalue weighted by Crippen LogP contribution is 2.35. The van der Waals surface area contributed by atoms with Crippen LogP contribution in [0.2, 0.25) is 0 Å². The lowest BCUT2D eigenvalue weighted by Gasteiger charge is -2.21. The molecule has 0 amide bonds. The summed E-state index contributed by atoms with van der Waals surface area (Å²) in [6.45, 7) is 4.27. The van der Waals surface area contributed by atoms with Crippen LogP contribution in [0.15, 0.2) is 24.3 Å². The van der Waals surface area contributed by atoms with Crippen molar-refractivity contribution in [1.82, 2.24) is 4.98 Å². The second kappa shape index (κ2) is 7.25. The van der Waals surface area contributed by atoms with Gasteiger partial charge >= 0.3 is 5.97 Å². The Morgan fingerprint density at radius 3 is 2.58 bits per heavy atom. The lowest BCUT2D eigenvalue weighted by molar-refractivity contribution is -0.484. The van der Waals surface area contributed by atoms with E-state index >= 15 is 0 Å². The molecule has 0 aliphatic carbocycles. The molecule has 7 nitrogen and oxygen atoms in total. The molecule has 0 bridgehead atoms. The first kappa shape index (κ1) is 17.7. The van der Waals surface area contributed by atoms with Crippen LogP contribution in [0.3, 0.4) is 0 Å². The normalized spacial score (nSPS) is 13.5. The average molecular weight is 332 g/mol. The number of nitrogens with zero attached hydrogens (tertiary/aromatic N) is 1. The van der Waals surface area contributed by atoms with E-state index in [1.165, 1.54) is 6.92 Å². The van der Waals surface area contributed by atoms with Crippen LogP contribution >= 0.6 is 0 Å². The summed E-state index contributed by atoms with van der Waals surface area (Å²) < 4.78 is 4.99. The summed E-state index contributed by atoms with van der Waals surface area (Å²) in [6, 6.07) is 7.33. The number of ketones is 1. The van der Waals surface area contributed by atoms with Crippen LogP contribution < -0.4 is 0 Å². The highest BCUT2D eigenvalue weighted by Gasteiger charge is 2.40. The van der Waals surface area contributed by atoms with E-state index in [4.69, 9.17) is 4.74 Å². The molecule has 0 saturated heterocycles.